The van der Waals surface area contributed by atoms with Crippen molar-refractivity contribution < 1.29 is 0 Å². The number of H-pyrrole nitrogens is 1. The Morgan fingerprint density at radius 3 is 2.87 bits per heavy atom. The molecule has 0 aliphatic carbocycles. The number of fused-ring (bicyclic) bond motifs is 1. The molecule has 0 bridgehead atoms. The lowest BCUT2D eigenvalue weighted by Crippen LogP contribution is -2.03. The van der Waals surface area contributed by atoms with Crippen molar-refractivity contribution in [3.8, 4) is 0 Å². The van der Waals surface area contributed by atoms with Crippen molar-refractivity contribution in [3.05, 3.63) is 35.0 Å². The Morgan fingerprint density at radius 1 is 1.33 bits per heavy atom. The van der Waals surface area contributed by atoms with E-state index in [0.717, 1.165) is 19.4 Å². The van der Waals surface area contributed by atoms with Crippen LogP contribution in [0.25, 0.3) is 10.9 Å². The topological polar surface area (TPSA) is 41.8 Å². The monoisotopic (exact) mass is 202 g/mol. The first-order valence-corrected chi connectivity index (χ1v) is 5.50. The minimum Gasteiger partial charge on any atom is -0.361 e. The van der Waals surface area contributed by atoms with Crippen LogP contribution in [-0.2, 0) is 6.42 Å². The minimum atomic E-state index is 0.766. The molecule has 80 valence electrons. The van der Waals surface area contributed by atoms with Gasteiger partial charge in [-0.25, -0.2) is 0 Å². The molecule has 0 aliphatic heterocycles. The standard InChI is InChI=1S/C13H18N2/c1-9-8-11-5-7-15-13(11)10(2)12(9)4-3-6-14/h5,7-8,15H,3-4,6,14H2,1-2H3. The van der Waals surface area contributed by atoms with Crippen LogP contribution < -0.4 is 5.73 Å². The molecule has 0 radical (unpaired) electrons. The number of aromatic amines is 1. The van der Waals surface area contributed by atoms with Gasteiger partial charge in [0.15, 0.2) is 0 Å². The third-order valence-corrected chi connectivity index (χ3v) is 3.09. The molecule has 2 heteroatoms. The Labute approximate surface area is 90.5 Å². The fraction of sp³-hybridized carbons (Fsp3) is 0.385. The highest BCUT2D eigenvalue weighted by Crippen LogP contribution is 2.24. The molecule has 15 heavy (non-hydrogen) atoms. The molecule has 0 fully saturated rings. The minimum absolute atomic E-state index is 0.766. The maximum Gasteiger partial charge on any atom is 0.0486 e. The SMILES string of the molecule is Cc1cc2cc[nH]c2c(C)c1CCCN. The molecule has 2 aromatic rings. The van der Waals surface area contributed by atoms with E-state index in [4.69, 9.17) is 5.73 Å². The second kappa shape index (κ2) is 4.07. The molecule has 1 aromatic heterocycles. The van der Waals surface area contributed by atoms with Crippen LogP contribution in [-0.4, -0.2) is 11.5 Å². The van der Waals surface area contributed by atoms with Gasteiger partial charge in [-0.3, -0.25) is 0 Å². The Morgan fingerprint density at radius 2 is 2.13 bits per heavy atom. The normalized spacial score (nSPS) is 11.1. The van der Waals surface area contributed by atoms with Crippen molar-refractivity contribution in [2.24, 2.45) is 5.73 Å². The Kier molecular flexibility index (Phi) is 2.78. The second-order valence-electron chi connectivity index (χ2n) is 4.13. The summed E-state index contributed by atoms with van der Waals surface area (Å²) in [7, 11) is 0. The largest absolute Gasteiger partial charge is 0.361 e. The molecule has 0 spiro atoms. The zero-order chi connectivity index (χ0) is 10.8. The number of hydrogen-bond donors (Lipinski definition) is 2. The molecule has 0 saturated heterocycles. The van der Waals surface area contributed by atoms with Crippen molar-refractivity contribution in [1.29, 1.82) is 0 Å². The van der Waals surface area contributed by atoms with Gasteiger partial charge in [0.1, 0.15) is 0 Å². The molecule has 2 rings (SSSR count). The summed E-state index contributed by atoms with van der Waals surface area (Å²) in [6.45, 7) is 5.14. The van der Waals surface area contributed by atoms with Gasteiger partial charge in [0, 0.05) is 11.7 Å². The number of hydrogen-bond acceptors (Lipinski definition) is 1. The summed E-state index contributed by atoms with van der Waals surface area (Å²) < 4.78 is 0. The summed E-state index contributed by atoms with van der Waals surface area (Å²) >= 11 is 0. The van der Waals surface area contributed by atoms with E-state index in [2.05, 4.69) is 31.0 Å². The van der Waals surface area contributed by atoms with Gasteiger partial charge in [-0.15, -0.1) is 0 Å². The van der Waals surface area contributed by atoms with Gasteiger partial charge >= 0.3 is 0 Å². The molecular formula is C13H18N2. The van der Waals surface area contributed by atoms with Crippen molar-refractivity contribution in [1.82, 2.24) is 4.98 Å². The summed E-state index contributed by atoms with van der Waals surface area (Å²) in [6, 6.07) is 4.38. The van der Waals surface area contributed by atoms with E-state index in [1.165, 1.54) is 27.6 Å². The molecule has 0 aliphatic rings. The first-order valence-electron chi connectivity index (χ1n) is 5.50. The van der Waals surface area contributed by atoms with Crippen LogP contribution in [0.4, 0.5) is 0 Å². The average Bonchev–Trinajstić information content (AvgIpc) is 2.65. The van der Waals surface area contributed by atoms with Crippen molar-refractivity contribution in [3.63, 3.8) is 0 Å². The zero-order valence-electron chi connectivity index (χ0n) is 9.43. The van der Waals surface area contributed by atoms with Crippen molar-refractivity contribution in [2.75, 3.05) is 6.54 Å². The number of nitrogens with one attached hydrogen (secondary N) is 1. The molecule has 2 nitrogen and oxygen atoms in total. The lowest BCUT2D eigenvalue weighted by molar-refractivity contribution is 0.824. The third-order valence-electron chi connectivity index (χ3n) is 3.09. The first-order chi connectivity index (χ1) is 7.24. The van der Waals surface area contributed by atoms with Gasteiger partial charge < -0.3 is 10.7 Å². The van der Waals surface area contributed by atoms with Gasteiger partial charge in [0.25, 0.3) is 0 Å². The van der Waals surface area contributed by atoms with E-state index in [1.54, 1.807) is 0 Å². The van der Waals surface area contributed by atoms with Gasteiger partial charge in [0.2, 0.25) is 0 Å². The maximum atomic E-state index is 5.56. The van der Waals surface area contributed by atoms with Gasteiger partial charge in [-0.1, -0.05) is 0 Å². The highest BCUT2D eigenvalue weighted by atomic mass is 14.7. The zero-order valence-corrected chi connectivity index (χ0v) is 9.43. The summed E-state index contributed by atoms with van der Waals surface area (Å²) in [6.07, 6.45) is 4.15. The van der Waals surface area contributed by atoms with E-state index in [-0.39, 0.29) is 0 Å². The average molecular weight is 202 g/mol. The second-order valence-corrected chi connectivity index (χ2v) is 4.13. The van der Waals surface area contributed by atoms with Gasteiger partial charge in [-0.2, -0.15) is 0 Å². The van der Waals surface area contributed by atoms with E-state index in [9.17, 15) is 0 Å². The van der Waals surface area contributed by atoms with Crippen LogP contribution in [0.5, 0.6) is 0 Å². The Balaban J connectivity index is 2.52. The molecule has 3 N–H and O–H groups in total. The lowest BCUT2D eigenvalue weighted by Gasteiger charge is -2.10. The fourth-order valence-electron chi connectivity index (χ4n) is 2.26. The first kappa shape index (κ1) is 10.2. The summed E-state index contributed by atoms with van der Waals surface area (Å²) in [4.78, 5) is 3.30. The third kappa shape index (κ3) is 1.77. The van der Waals surface area contributed by atoms with Crippen molar-refractivity contribution >= 4 is 10.9 Å². The predicted molar refractivity (Wildman–Crippen MR) is 65.1 cm³/mol. The van der Waals surface area contributed by atoms with Gasteiger partial charge in [-0.05, 0) is 67.4 Å². The highest BCUT2D eigenvalue weighted by molar-refractivity contribution is 5.84. The molecular weight excluding hydrogens is 184 g/mol. The molecule has 0 atom stereocenters. The fourth-order valence-corrected chi connectivity index (χ4v) is 2.26. The van der Waals surface area contributed by atoms with E-state index in [1.807, 2.05) is 6.20 Å². The summed E-state index contributed by atoms with van der Waals surface area (Å²) in [5.41, 5.74) is 11.0. The van der Waals surface area contributed by atoms with E-state index < -0.39 is 0 Å². The highest BCUT2D eigenvalue weighted by Gasteiger charge is 2.07. The summed E-state index contributed by atoms with van der Waals surface area (Å²) in [5, 5.41) is 1.31. The molecule has 0 saturated carbocycles. The quantitative estimate of drug-likeness (QED) is 0.789. The number of aryl methyl sites for hydroxylation is 2. The molecule has 0 amide bonds. The van der Waals surface area contributed by atoms with E-state index >= 15 is 0 Å². The van der Waals surface area contributed by atoms with Crippen LogP contribution >= 0.6 is 0 Å². The molecule has 0 unspecified atom stereocenters. The number of aromatic nitrogens is 1. The number of benzene rings is 1. The molecule has 1 heterocycles. The number of rotatable bonds is 3. The van der Waals surface area contributed by atoms with Gasteiger partial charge in [0.05, 0.1) is 0 Å². The molecule has 1 aromatic carbocycles. The summed E-state index contributed by atoms with van der Waals surface area (Å²) in [5.74, 6) is 0. The number of nitrogens with two attached hydrogens (primary N) is 1. The van der Waals surface area contributed by atoms with E-state index in [0.29, 0.717) is 0 Å². The van der Waals surface area contributed by atoms with Crippen molar-refractivity contribution in [2.45, 2.75) is 26.7 Å². The van der Waals surface area contributed by atoms with Crippen LogP contribution in [0.2, 0.25) is 0 Å². The van der Waals surface area contributed by atoms with Crippen LogP contribution in [0.1, 0.15) is 23.1 Å². The predicted octanol–water partition coefficient (Wildman–Crippen LogP) is 2.68. The lowest BCUT2D eigenvalue weighted by atomic mass is 9.96. The van der Waals surface area contributed by atoms with Crippen LogP contribution in [0.15, 0.2) is 18.3 Å². The Bertz CT molecular complexity index is 469. The maximum absolute atomic E-state index is 5.56. The smallest absolute Gasteiger partial charge is 0.0486 e. The van der Waals surface area contributed by atoms with Crippen LogP contribution in [0.3, 0.4) is 0 Å². The Hall–Kier alpha value is -1.28. The van der Waals surface area contributed by atoms with Crippen LogP contribution in [0, 0.1) is 13.8 Å².